The predicted octanol–water partition coefficient (Wildman–Crippen LogP) is 3.00. The molecule has 1 aliphatic rings. The molecule has 5 nitrogen and oxygen atoms in total. The van der Waals surface area contributed by atoms with E-state index in [4.69, 9.17) is 20.9 Å². The molecule has 0 bridgehead atoms. The molecule has 1 atom stereocenters. The van der Waals surface area contributed by atoms with E-state index in [1.165, 1.54) is 0 Å². The van der Waals surface area contributed by atoms with E-state index in [1.807, 2.05) is 24.3 Å². The van der Waals surface area contributed by atoms with Gasteiger partial charge in [-0.2, -0.15) is 4.98 Å². The number of benzene rings is 1. The van der Waals surface area contributed by atoms with Gasteiger partial charge in [0.05, 0.1) is 19.3 Å². The first-order valence-corrected chi connectivity index (χ1v) is 7.55. The Bertz CT molecular complexity index is 585. The molecular weight excluding hydrogens is 290 g/mol. The lowest BCUT2D eigenvalue weighted by Gasteiger charge is -2.31. The topological polar surface area (TPSA) is 51.4 Å². The van der Waals surface area contributed by atoms with Crippen molar-refractivity contribution in [2.24, 2.45) is 0 Å². The fourth-order valence-electron chi connectivity index (χ4n) is 2.40. The number of ether oxygens (including phenoxy) is 1. The Morgan fingerprint density at radius 3 is 2.90 bits per heavy atom. The van der Waals surface area contributed by atoms with Gasteiger partial charge in [0.1, 0.15) is 0 Å². The van der Waals surface area contributed by atoms with Gasteiger partial charge in [0.25, 0.3) is 5.89 Å². The van der Waals surface area contributed by atoms with Crippen LogP contribution in [0.1, 0.15) is 19.2 Å². The lowest BCUT2D eigenvalue weighted by molar-refractivity contribution is -0.0333. The summed E-state index contributed by atoms with van der Waals surface area (Å²) in [6.07, 6.45) is 1.33. The van der Waals surface area contributed by atoms with E-state index in [1.54, 1.807) is 0 Å². The Balaban J connectivity index is 1.66. The van der Waals surface area contributed by atoms with E-state index in [-0.39, 0.29) is 0 Å². The van der Waals surface area contributed by atoms with Crippen LogP contribution in [-0.4, -0.2) is 40.8 Å². The van der Waals surface area contributed by atoms with Crippen molar-refractivity contribution in [1.29, 1.82) is 0 Å². The molecule has 21 heavy (non-hydrogen) atoms. The van der Waals surface area contributed by atoms with E-state index in [0.717, 1.165) is 31.7 Å². The SMILES string of the molecule is CCC1CN(Cc2noc(-c3ccc(Cl)cc3)n2)CCO1. The Morgan fingerprint density at radius 1 is 1.33 bits per heavy atom. The van der Waals surface area contributed by atoms with Gasteiger partial charge in [-0.1, -0.05) is 23.7 Å². The van der Waals surface area contributed by atoms with E-state index >= 15 is 0 Å². The van der Waals surface area contributed by atoms with Crippen LogP contribution in [0.15, 0.2) is 28.8 Å². The standard InChI is InChI=1S/C15H18ClN3O2/c1-2-13-9-19(7-8-20-13)10-14-17-15(21-18-14)11-3-5-12(16)6-4-11/h3-6,13H,2,7-10H2,1H3. The van der Waals surface area contributed by atoms with Gasteiger partial charge in [0.15, 0.2) is 5.82 Å². The summed E-state index contributed by atoms with van der Waals surface area (Å²) >= 11 is 5.88. The van der Waals surface area contributed by atoms with Crippen LogP contribution in [0.3, 0.4) is 0 Å². The molecule has 1 saturated heterocycles. The first kappa shape index (κ1) is 14.5. The predicted molar refractivity (Wildman–Crippen MR) is 80.1 cm³/mol. The number of rotatable bonds is 4. The average Bonchev–Trinajstić information content (AvgIpc) is 2.96. The Kier molecular flexibility index (Phi) is 4.53. The van der Waals surface area contributed by atoms with Crippen LogP contribution >= 0.6 is 11.6 Å². The Hall–Kier alpha value is -1.43. The van der Waals surface area contributed by atoms with Gasteiger partial charge in [-0.05, 0) is 30.7 Å². The third kappa shape index (κ3) is 3.61. The quantitative estimate of drug-likeness (QED) is 0.869. The highest BCUT2D eigenvalue weighted by Gasteiger charge is 2.20. The zero-order valence-corrected chi connectivity index (χ0v) is 12.7. The monoisotopic (exact) mass is 307 g/mol. The summed E-state index contributed by atoms with van der Waals surface area (Å²) in [5.74, 6) is 1.23. The number of aromatic nitrogens is 2. The Morgan fingerprint density at radius 2 is 2.14 bits per heavy atom. The average molecular weight is 308 g/mol. The first-order chi connectivity index (χ1) is 10.2. The summed E-state index contributed by atoms with van der Waals surface area (Å²) in [6, 6.07) is 7.38. The van der Waals surface area contributed by atoms with Crippen LogP contribution in [0.25, 0.3) is 11.5 Å². The first-order valence-electron chi connectivity index (χ1n) is 7.17. The van der Waals surface area contributed by atoms with E-state index < -0.39 is 0 Å². The maximum Gasteiger partial charge on any atom is 0.257 e. The minimum Gasteiger partial charge on any atom is -0.376 e. The van der Waals surface area contributed by atoms with Gasteiger partial charge in [0.2, 0.25) is 0 Å². The van der Waals surface area contributed by atoms with Crippen LogP contribution in [0.5, 0.6) is 0 Å². The molecule has 0 aliphatic carbocycles. The molecule has 1 unspecified atom stereocenters. The number of morpholine rings is 1. The molecule has 6 heteroatoms. The summed E-state index contributed by atoms with van der Waals surface area (Å²) in [5.41, 5.74) is 0.881. The van der Waals surface area contributed by atoms with Crippen molar-refractivity contribution in [2.75, 3.05) is 19.7 Å². The molecule has 112 valence electrons. The maximum absolute atomic E-state index is 5.88. The van der Waals surface area contributed by atoms with E-state index in [9.17, 15) is 0 Å². The molecular formula is C15H18ClN3O2. The minimum absolute atomic E-state index is 0.307. The number of nitrogens with zero attached hydrogens (tertiary/aromatic N) is 3. The normalized spacial score (nSPS) is 19.8. The molecule has 1 aromatic carbocycles. The fourth-order valence-corrected chi connectivity index (χ4v) is 2.52. The second-order valence-electron chi connectivity index (χ2n) is 5.16. The van der Waals surface area contributed by atoms with Crippen molar-refractivity contribution in [1.82, 2.24) is 15.0 Å². The molecule has 0 saturated carbocycles. The molecule has 1 fully saturated rings. The lowest BCUT2D eigenvalue weighted by atomic mass is 10.2. The van der Waals surface area contributed by atoms with Gasteiger partial charge in [-0.25, -0.2) is 0 Å². The number of hydrogen-bond acceptors (Lipinski definition) is 5. The minimum atomic E-state index is 0.307. The third-order valence-electron chi connectivity index (χ3n) is 3.60. The lowest BCUT2D eigenvalue weighted by Crippen LogP contribution is -2.41. The molecule has 3 rings (SSSR count). The van der Waals surface area contributed by atoms with Crippen LogP contribution < -0.4 is 0 Å². The highest BCUT2D eigenvalue weighted by molar-refractivity contribution is 6.30. The molecule has 2 aromatic rings. The van der Waals surface area contributed by atoms with Crippen molar-refractivity contribution < 1.29 is 9.26 Å². The van der Waals surface area contributed by atoms with Gasteiger partial charge in [0, 0.05) is 23.7 Å². The van der Waals surface area contributed by atoms with Crippen molar-refractivity contribution in [3.8, 4) is 11.5 Å². The van der Waals surface area contributed by atoms with Gasteiger partial charge >= 0.3 is 0 Å². The van der Waals surface area contributed by atoms with Gasteiger partial charge < -0.3 is 9.26 Å². The largest absolute Gasteiger partial charge is 0.376 e. The van der Waals surface area contributed by atoms with Crippen LogP contribution in [0, 0.1) is 0 Å². The van der Waals surface area contributed by atoms with Crippen LogP contribution in [-0.2, 0) is 11.3 Å². The van der Waals surface area contributed by atoms with Crippen molar-refractivity contribution in [3.63, 3.8) is 0 Å². The molecule has 0 radical (unpaired) electrons. The molecule has 0 N–H and O–H groups in total. The summed E-state index contributed by atoms with van der Waals surface area (Å²) in [6.45, 7) is 5.42. The van der Waals surface area contributed by atoms with Crippen molar-refractivity contribution in [3.05, 3.63) is 35.1 Å². The van der Waals surface area contributed by atoms with Crippen molar-refractivity contribution in [2.45, 2.75) is 26.0 Å². The summed E-state index contributed by atoms with van der Waals surface area (Å²) in [5, 5.41) is 4.75. The second-order valence-corrected chi connectivity index (χ2v) is 5.60. The van der Waals surface area contributed by atoms with Crippen LogP contribution in [0.2, 0.25) is 5.02 Å². The van der Waals surface area contributed by atoms with Crippen molar-refractivity contribution >= 4 is 11.6 Å². The summed E-state index contributed by atoms with van der Waals surface area (Å²) in [4.78, 5) is 6.75. The van der Waals surface area contributed by atoms with Gasteiger partial charge in [-0.3, -0.25) is 4.90 Å². The highest BCUT2D eigenvalue weighted by atomic mass is 35.5. The smallest absolute Gasteiger partial charge is 0.257 e. The van der Waals surface area contributed by atoms with E-state index in [0.29, 0.717) is 29.4 Å². The Labute approximate surface area is 128 Å². The third-order valence-corrected chi connectivity index (χ3v) is 3.85. The fraction of sp³-hybridized carbons (Fsp3) is 0.467. The molecule has 1 aliphatic heterocycles. The zero-order valence-electron chi connectivity index (χ0n) is 12.0. The van der Waals surface area contributed by atoms with Gasteiger partial charge in [-0.15, -0.1) is 0 Å². The molecule has 0 spiro atoms. The summed E-state index contributed by atoms with van der Waals surface area (Å²) in [7, 11) is 0. The molecule has 2 heterocycles. The maximum atomic E-state index is 5.88. The number of hydrogen-bond donors (Lipinski definition) is 0. The zero-order chi connectivity index (χ0) is 14.7. The summed E-state index contributed by atoms with van der Waals surface area (Å²) < 4.78 is 11.0. The number of halogens is 1. The second kappa shape index (κ2) is 6.56. The molecule has 1 aromatic heterocycles. The van der Waals surface area contributed by atoms with Crippen LogP contribution in [0.4, 0.5) is 0 Å². The van der Waals surface area contributed by atoms with E-state index in [2.05, 4.69) is 22.0 Å². The molecule has 0 amide bonds. The highest BCUT2D eigenvalue weighted by Crippen LogP contribution is 2.20.